The van der Waals surface area contributed by atoms with Crippen LogP contribution in [0.5, 0.6) is 11.6 Å². The first kappa shape index (κ1) is 11.7. The van der Waals surface area contributed by atoms with Crippen LogP contribution < -0.4 is 10.5 Å². The second-order valence-corrected chi connectivity index (χ2v) is 4.30. The summed E-state index contributed by atoms with van der Waals surface area (Å²) in [6.07, 6.45) is 3.47. The second-order valence-electron chi connectivity index (χ2n) is 4.30. The van der Waals surface area contributed by atoms with E-state index in [2.05, 4.69) is 10.1 Å². The normalized spacial score (nSPS) is 10.8. The Morgan fingerprint density at radius 2 is 2.05 bits per heavy atom. The van der Waals surface area contributed by atoms with E-state index in [-0.39, 0.29) is 0 Å². The number of hydrogen-bond acceptors (Lipinski definition) is 4. The highest BCUT2D eigenvalue weighted by Crippen LogP contribution is 2.24. The van der Waals surface area contributed by atoms with E-state index in [1.165, 1.54) is 0 Å². The average molecular weight is 254 g/mol. The van der Waals surface area contributed by atoms with Gasteiger partial charge in [0.15, 0.2) is 0 Å². The van der Waals surface area contributed by atoms with Crippen LogP contribution in [0, 0.1) is 6.92 Å². The van der Waals surface area contributed by atoms with Crippen LogP contribution >= 0.6 is 0 Å². The molecule has 0 saturated heterocycles. The van der Waals surface area contributed by atoms with E-state index in [9.17, 15) is 0 Å². The van der Waals surface area contributed by atoms with Gasteiger partial charge in [-0.1, -0.05) is 12.1 Å². The molecule has 5 heteroatoms. The maximum absolute atomic E-state index is 5.79. The Morgan fingerprint density at radius 3 is 2.79 bits per heavy atom. The van der Waals surface area contributed by atoms with Crippen molar-refractivity contribution >= 4 is 5.52 Å². The first-order valence-electron chi connectivity index (χ1n) is 6.04. The molecule has 0 aliphatic rings. The van der Waals surface area contributed by atoms with Crippen molar-refractivity contribution in [3.8, 4) is 11.6 Å². The summed E-state index contributed by atoms with van der Waals surface area (Å²) in [5.74, 6) is 1.28. The molecule has 2 N–H and O–H groups in total. The number of hydrogen-bond donors (Lipinski definition) is 1. The van der Waals surface area contributed by atoms with Crippen LogP contribution in [0.3, 0.4) is 0 Å². The smallest absolute Gasteiger partial charge is 0.245 e. The van der Waals surface area contributed by atoms with E-state index >= 15 is 0 Å². The highest BCUT2D eigenvalue weighted by atomic mass is 16.5. The summed E-state index contributed by atoms with van der Waals surface area (Å²) in [6, 6.07) is 9.60. The van der Waals surface area contributed by atoms with Crippen LogP contribution in [-0.4, -0.2) is 14.6 Å². The number of aromatic nitrogens is 3. The second kappa shape index (κ2) is 4.70. The third-order valence-electron chi connectivity index (χ3n) is 2.85. The fourth-order valence-electron chi connectivity index (χ4n) is 1.90. The molecule has 3 rings (SSSR count). The molecule has 19 heavy (non-hydrogen) atoms. The van der Waals surface area contributed by atoms with Gasteiger partial charge in [-0.2, -0.15) is 5.10 Å². The Morgan fingerprint density at radius 1 is 1.26 bits per heavy atom. The third-order valence-corrected chi connectivity index (χ3v) is 2.85. The lowest BCUT2D eigenvalue weighted by molar-refractivity contribution is 0.465. The highest BCUT2D eigenvalue weighted by molar-refractivity contribution is 5.57. The summed E-state index contributed by atoms with van der Waals surface area (Å²) in [4.78, 5) is 4.25. The van der Waals surface area contributed by atoms with Crippen LogP contribution in [-0.2, 0) is 6.54 Å². The molecule has 3 aromatic rings. The van der Waals surface area contributed by atoms with Gasteiger partial charge in [0.2, 0.25) is 5.88 Å². The van der Waals surface area contributed by atoms with Crippen molar-refractivity contribution < 1.29 is 4.74 Å². The first-order valence-corrected chi connectivity index (χ1v) is 6.04. The molecule has 0 fully saturated rings. The van der Waals surface area contributed by atoms with E-state index in [4.69, 9.17) is 10.5 Å². The van der Waals surface area contributed by atoms with Gasteiger partial charge >= 0.3 is 0 Å². The largest absolute Gasteiger partial charge is 0.437 e. The predicted octanol–water partition coefficient (Wildman–Crippen LogP) is 2.29. The van der Waals surface area contributed by atoms with E-state index < -0.39 is 0 Å². The van der Waals surface area contributed by atoms with E-state index in [1.54, 1.807) is 16.9 Å². The lowest BCUT2D eigenvalue weighted by Gasteiger charge is -2.06. The number of aryl methyl sites for hydroxylation is 1. The summed E-state index contributed by atoms with van der Waals surface area (Å²) in [7, 11) is 0. The molecule has 0 atom stereocenters. The minimum Gasteiger partial charge on any atom is -0.437 e. The molecule has 96 valence electrons. The number of benzene rings is 1. The zero-order valence-corrected chi connectivity index (χ0v) is 10.6. The van der Waals surface area contributed by atoms with Crippen molar-refractivity contribution in [3.63, 3.8) is 0 Å². The number of ether oxygens (including phenoxy) is 1. The van der Waals surface area contributed by atoms with E-state index in [0.29, 0.717) is 12.4 Å². The average Bonchev–Trinajstić information content (AvgIpc) is 2.81. The quantitative estimate of drug-likeness (QED) is 0.778. The zero-order chi connectivity index (χ0) is 13.2. The number of rotatable bonds is 3. The SMILES string of the molecule is Cc1cc2c(Oc3ccc(CN)cc3)nccn2n1. The van der Waals surface area contributed by atoms with Crippen molar-refractivity contribution in [1.29, 1.82) is 0 Å². The lowest BCUT2D eigenvalue weighted by Crippen LogP contribution is -1.96. The maximum Gasteiger partial charge on any atom is 0.245 e. The molecule has 0 spiro atoms. The summed E-state index contributed by atoms with van der Waals surface area (Å²) in [6.45, 7) is 2.46. The summed E-state index contributed by atoms with van der Waals surface area (Å²) in [5.41, 5.74) is 8.41. The van der Waals surface area contributed by atoms with Crippen LogP contribution in [0.1, 0.15) is 11.3 Å². The summed E-state index contributed by atoms with van der Waals surface area (Å²) < 4.78 is 7.55. The van der Waals surface area contributed by atoms with Gasteiger partial charge in [-0.15, -0.1) is 0 Å². The Bertz CT molecular complexity index is 703. The summed E-state index contributed by atoms with van der Waals surface area (Å²) in [5, 5.41) is 4.32. The molecule has 0 unspecified atom stereocenters. The van der Waals surface area contributed by atoms with Crippen LogP contribution in [0.25, 0.3) is 5.52 Å². The Labute approximate surface area is 110 Å². The molecule has 5 nitrogen and oxygen atoms in total. The van der Waals surface area contributed by atoms with Crippen LogP contribution in [0.4, 0.5) is 0 Å². The molecule has 2 heterocycles. The fraction of sp³-hybridized carbons (Fsp3) is 0.143. The number of nitrogens with two attached hydrogens (primary N) is 1. The molecule has 0 radical (unpaired) electrons. The van der Waals surface area contributed by atoms with Gasteiger partial charge < -0.3 is 10.5 Å². The minimum atomic E-state index is 0.524. The number of nitrogens with zero attached hydrogens (tertiary/aromatic N) is 3. The molecule has 0 amide bonds. The van der Waals surface area contributed by atoms with Gasteiger partial charge in [0.25, 0.3) is 0 Å². The van der Waals surface area contributed by atoms with E-state index in [1.807, 2.05) is 37.3 Å². The van der Waals surface area contributed by atoms with Gasteiger partial charge in [0, 0.05) is 18.9 Å². The standard InChI is InChI=1S/C14H14N4O/c1-10-8-13-14(16-6-7-18(13)17-10)19-12-4-2-11(9-15)3-5-12/h2-8H,9,15H2,1H3. The van der Waals surface area contributed by atoms with Crippen LogP contribution in [0.2, 0.25) is 0 Å². The van der Waals surface area contributed by atoms with Gasteiger partial charge in [0.1, 0.15) is 11.3 Å². The predicted molar refractivity (Wildman–Crippen MR) is 72.1 cm³/mol. The highest BCUT2D eigenvalue weighted by Gasteiger charge is 2.07. The molecular weight excluding hydrogens is 240 g/mol. The fourth-order valence-corrected chi connectivity index (χ4v) is 1.90. The molecule has 0 bridgehead atoms. The molecule has 2 aromatic heterocycles. The molecule has 1 aromatic carbocycles. The van der Waals surface area contributed by atoms with Crippen LogP contribution in [0.15, 0.2) is 42.7 Å². The van der Waals surface area contributed by atoms with Gasteiger partial charge in [-0.25, -0.2) is 9.50 Å². The van der Waals surface area contributed by atoms with Crippen molar-refractivity contribution in [3.05, 3.63) is 54.0 Å². The monoisotopic (exact) mass is 254 g/mol. The lowest BCUT2D eigenvalue weighted by atomic mass is 10.2. The van der Waals surface area contributed by atoms with Crippen molar-refractivity contribution in [1.82, 2.24) is 14.6 Å². The zero-order valence-electron chi connectivity index (χ0n) is 10.6. The van der Waals surface area contributed by atoms with E-state index in [0.717, 1.165) is 22.5 Å². The van der Waals surface area contributed by atoms with Crippen molar-refractivity contribution in [2.75, 3.05) is 0 Å². The van der Waals surface area contributed by atoms with Gasteiger partial charge in [0.05, 0.1) is 5.69 Å². The minimum absolute atomic E-state index is 0.524. The van der Waals surface area contributed by atoms with Crippen molar-refractivity contribution in [2.24, 2.45) is 5.73 Å². The molecular formula is C14H14N4O. The Kier molecular flexibility index (Phi) is 2.89. The Hall–Kier alpha value is -2.40. The number of fused-ring (bicyclic) bond motifs is 1. The molecule has 0 saturated carbocycles. The van der Waals surface area contributed by atoms with Gasteiger partial charge in [-0.05, 0) is 30.7 Å². The molecule has 0 aliphatic heterocycles. The Balaban J connectivity index is 1.95. The first-order chi connectivity index (χ1) is 9.26. The third kappa shape index (κ3) is 2.28. The van der Waals surface area contributed by atoms with Gasteiger partial charge in [-0.3, -0.25) is 0 Å². The summed E-state index contributed by atoms with van der Waals surface area (Å²) >= 11 is 0. The maximum atomic E-state index is 5.79. The molecule has 0 aliphatic carbocycles. The van der Waals surface area contributed by atoms with Crippen molar-refractivity contribution in [2.45, 2.75) is 13.5 Å². The topological polar surface area (TPSA) is 65.4 Å².